The summed E-state index contributed by atoms with van der Waals surface area (Å²) >= 11 is 0. The van der Waals surface area contributed by atoms with E-state index in [0.717, 1.165) is 4.90 Å². The fraction of sp³-hybridized carbons (Fsp3) is 0.500. The van der Waals surface area contributed by atoms with Gasteiger partial charge in [-0.15, -0.1) is 12.4 Å². The number of amides is 1. The Hall–Kier alpha value is -1.34. The summed E-state index contributed by atoms with van der Waals surface area (Å²) in [4.78, 5) is 16.2. The van der Waals surface area contributed by atoms with E-state index in [1.165, 1.54) is 24.5 Å². The molecule has 0 radical (unpaired) electrons. The van der Waals surface area contributed by atoms with Gasteiger partial charge in [-0.25, -0.2) is 0 Å². The average Bonchev–Trinajstić information content (AvgIpc) is 2.40. The van der Waals surface area contributed by atoms with E-state index in [0.29, 0.717) is 25.9 Å². The summed E-state index contributed by atoms with van der Waals surface area (Å²) in [5, 5.41) is 3.06. The smallest absolute Gasteiger partial charge is 0.317 e. The topological polar surface area (TPSA) is 45.2 Å². The van der Waals surface area contributed by atoms with Crippen LogP contribution in [0.15, 0.2) is 24.5 Å². The van der Waals surface area contributed by atoms with Crippen molar-refractivity contribution in [2.75, 3.05) is 18.0 Å². The Morgan fingerprint density at radius 2 is 2.00 bits per heavy atom. The van der Waals surface area contributed by atoms with Crippen molar-refractivity contribution < 1.29 is 18.0 Å². The molecule has 4 nitrogen and oxygen atoms in total. The van der Waals surface area contributed by atoms with Gasteiger partial charge in [0.15, 0.2) is 0 Å². The average molecular weight is 310 g/mol. The molecule has 20 heavy (non-hydrogen) atoms. The molecule has 1 saturated heterocycles. The summed E-state index contributed by atoms with van der Waals surface area (Å²) in [6.07, 6.45) is -1.14. The Labute approximate surface area is 120 Å². The lowest BCUT2D eigenvalue weighted by Gasteiger charge is -2.34. The molecule has 8 heteroatoms. The van der Waals surface area contributed by atoms with Crippen LogP contribution < -0.4 is 10.2 Å². The SMILES string of the molecule is Cl.O=C(N(c1cccnc1)C1CCNCC1)C(F)(F)F. The molecule has 2 heterocycles. The maximum absolute atomic E-state index is 12.7. The molecule has 1 fully saturated rings. The van der Waals surface area contributed by atoms with Gasteiger partial charge in [-0.3, -0.25) is 14.7 Å². The number of hydrogen-bond donors (Lipinski definition) is 1. The largest absolute Gasteiger partial charge is 0.471 e. The highest BCUT2D eigenvalue weighted by atomic mass is 35.5. The number of alkyl halides is 3. The second-order valence-electron chi connectivity index (χ2n) is 4.37. The Morgan fingerprint density at radius 1 is 1.35 bits per heavy atom. The number of nitrogens with one attached hydrogen (secondary N) is 1. The molecule has 0 spiro atoms. The summed E-state index contributed by atoms with van der Waals surface area (Å²) in [5.74, 6) is -1.83. The van der Waals surface area contributed by atoms with Crippen molar-refractivity contribution in [3.05, 3.63) is 24.5 Å². The van der Waals surface area contributed by atoms with Crippen molar-refractivity contribution >= 4 is 24.0 Å². The maximum atomic E-state index is 12.7. The van der Waals surface area contributed by atoms with Gasteiger partial charge in [0, 0.05) is 12.2 Å². The molecule has 0 bridgehead atoms. The number of halogens is 4. The molecule has 1 aliphatic heterocycles. The normalized spacial score (nSPS) is 16.4. The fourth-order valence-electron chi connectivity index (χ4n) is 2.19. The van der Waals surface area contributed by atoms with E-state index in [2.05, 4.69) is 10.3 Å². The quantitative estimate of drug-likeness (QED) is 0.910. The van der Waals surface area contributed by atoms with E-state index in [-0.39, 0.29) is 18.1 Å². The molecule has 0 saturated carbocycles. The molecule has 0 unspecified atom stereocenters. The van der Waals surface area contributed by atoms with Gasteiger partial charge in [-0.05, 0) is 38.1 Å². The van der Waals surface area contributed by atoms with Crippen molar-refractivity contribution in [2.24, 2.45) is 0 Å². The first-order valence-electron chi connectivity index (χ1n) is 6.01. The van der Waals surface area contributed by atoms with Gasteiger partial charge < -0.3 is 5.32 Å². The van der Waals surface area contributed by atoms with E-state index in [9.17, 15) is 18.0 Å². The Morgan fingerprint density at radius 3 is 2.50 bits per heavy atom. The van der Waals surface area contributed by atoms with Gasteiger partial charge in [0.05, 0.1) is 11.9 Å². The Kier molecular flexibility index (Phi) is 5.76. The standard InChI is InChI=1S/C12H14F3N3O.ClH/c13-12(14,15)11(19)18(9-3-6-16-7-4-9)10-2-1-5-17-8-10;/h1-2,5,8-9,16H,3-4,6-7H2;1H. The summed E-state index contributed by atoms with van der Waals surface area (Å²) in [6.45, 7) is 1.21. The molecule has 1 aromatic rings. The van der Waals surface area contributed by atoms with Crippen LogP contribution in [0.3, 0.4) is 0 Å². The van der Waals surface area contributed by atoms with Gasteiger partial charge in [0.2, 0.25) is 0 Å². The lowest BCUT2D eigenvalue weighted by Crippen LogP contribution is -2.51. The van der Waals surface area contributed by atoms with E-state index in [1.54, 1.807) is 0 Å². The van der Waals surface area contributed by atoms with Gasteiger partial charge in [-0.1, -0.05) is 0 Å². The second-order valence-corrected chi connectivity index (χ2v) is 4.37. The number of rotatable bonds is 2. The van der Waals surface area contributed by atoms with Crippen molar-refractivity contribution in [3.63, 3.8) is 0 Å². The lowest BCUT2D eigenvalue weighted by molar-refractivity contribution is -0.171. The number of aromatic nitrogens is 1. The van der Waals surface area contributed by atoms with Crippen LogP contribution in [0.2, 0.25) is 0 Å². The molecule has 0 aromatic carbocycles. The molecule has 1 amide bonds. The number of carbonyl (C=O) groups excluding carboxylic acids is 1. The molecule has 1 N–H and O–H groups in total. The minimum absolute atomic E-state index is 0. The van der Waals surface area contributed by atoms with Gasteiger partial charge in [-0.2, -0.15) is 13.2 Å². The molecule has 0 aliphatic carbocycles. The summed E-state index contributed by atoms with van der Waals surface area (Å²) in [6, 6.07) is 2.55. The zero-order chi connectivity index (χ0) is 13.9. The second kappa shape index (κ2) is 6.90. The Bertz CT molecular complexity index is 435. The van der Waals surface area contributed by atoms with Crippen LogP contribution in [0.5, 0.6) is 0 Å². The van der Waals surface area contributed by atoms with Crippen molar-refractivity contribution in [3.8, 4) is 0 Å². The molecule has 112 valence electrons. The molecule has 2 rings (SSSR count). The Balaban J connectivity index is 0.00000200. The van der Waals surface area contributed by atoms with Crippen LogP contribution in [0.1, 0.15) is 12.8 Å². The zero-order valence-electron chi connectivity index (χ0n) is 10.6. The summed E-state index contributed by atoms with van der Waals surface area (Å²) in [5.41, 5.74) is 0.191. The number of carbonyl (C=O) groups is 1. The van der Waals surface area contributed by atoms with Crippen LogP contribution in [-0.4, -0.2) is 36.2 Å². The number of pyridine rings is 1. The monoisotopic (exact) mass is 309 g/mol. The molecule has 0 atom stereocenters. The molecule has 1 aromatic heterocycles. The maximum Gasteiger partial charge on any atom is 0.471 e. The highest BCUT2D eigenvalue weighted by molar-refractivity contribution is 5.97. The molecule has 1 aliphatic rings. The van der Waals surface area contributed by atoms with Gasteiger partial charge >= 0.3 is 12.1 Å². The number of anilines is 1. The highest BCUT2D eigenvalue weighted by Crippen LogP contribution is 2.27. The first-order chi connectivity index (χ1) is 9.00. The zero-order valence-corrected chi connectivity index (χ0v) is 11.4. The van der Waals surface area contributed by atoms with E-state index >= 15 is 0 Å². The van der Waals surface area contributed by atoms with Crippen LogP contribution in [0.25, 0.3) is 0 Å². The fourth-order valence-corrected chi connectivity index (χ4v) is 2.19. The number of nitrogens with zero attached hydrogens (tertiary/aromatic N) is 2. The number of piperidine rings is 1. The number of hydrogen-bond acceptors (Lipinski definition) is 3. The van der Waals surface area contributed by atoms with Crippen LogP contribution >= 0.6 is 12.4 Å². The molecular weight excluding hydrogens is 295 g/mol. The minimum Gasteiger partial charge on any atom is -0.317 e. The lowest BCUT2D eigenvalue weighted by atomic mass is 10.0. The first kappa shape index (κ1) is 16.7. The third kappa shape index (κ3) is 3.83. The summed E-state index contributed by atoms with van der Waals surface area (Å²) in [7, 11) is 0. The van der Waals surface area contributed by atoms with Gasteiger partial charge in [0.25, 0.3) is 0 Å². The van der Waals surface area contributed by atoms with Crippen LogP contribution in [-0.2, 0) is 4.79 Å². The van der Waals surface area contributed by atoms with Crippen molar-refractivity contribution in [1.29, 1.82) is 0 Å². The first-order valence-corrected chi connectivity index (χ1v) is 6.01. The minimum atomic E-state index is -4.87. The van der Waals surface area contributed by atoms with E-state index in [1.807, 2.05) is 0 Å². The van der Waals surface area contributed by atoms with Crippen molar-refractivity contribution in [2.45, 2.75) is 25.1 Å². The van der Waals surface area contributed by atoms with E-state index in [4.69, 9.17) is 0 Å². The predicted octanol–water partition coefficient (Wildman–Crippen LogP) is 2.15. The van der Waals surface area contributed by atoms with E-state index < -0.39 is 18.1 Å². The van der Waals surface area contributed by atoms with Gasteiger partial charge in [0.1, 0.15) is 0 Å². The summed E-state index contributed by atoms with van der Waals surface area (Å²) < 4.78 is 38.1. The third-order valence-electron chi connectivity index (χ3n) is 3.06. The predicted molar refractivity (Wildman–Crippen MR) is 70.9 cm³/mol. The van der Waals surface area contributed by atoms with Crippen LogP contribution in [0, 0.1) is 0 Å². The van der Waals surface area contributed by atoms with Crippen LogP contribution in [0.4, 0.5) is 18.9 Å². The molecular formula is C12H15ClF3N3O. The highest BCUT2D eigenvalue weighted by Gasteiger charge is 2.45. The third-order valence-corrected chi connectivity index (χ3v) is 3.06. The van der Waals surface area contributed by atoms with Crippen molar-refractivity contribution in [1.82, 2.24) is 10.3 Å².